The molecule has 0 aliphatic carbocycles. The number of benzene rings is 1. The van der Waals surface area contributed by atoms with Gasteiger partial charge in [-0.15, -0.1) is 0 Å². The van der Waals surface area contributed by atoms with Crippen LogP contribution in [0.15, 0.2) is 18.2 Å². The van der Waals surface area contributed by atoms with Crippen LogP contribution in [0, 0.1) is 11.3 Å². The van der Waals surface area contributed by atoms with E-state index < -0.39 is 12.5 Å². The third kappa shape index (κ3) is 3.07. The summed E-state index contributed by atoms with van der Waals surface area (Å²) in [6.07, 6.45) is 0. The minimum Gasteiger partial charge on any atom is -0.434 e. The number of nitrogens with zero attached hydrogens (tertiary/aromatic N) is 1. The summed E-state index contributed by atoms with van der Waals surface area (Å²) in [6, 6.07) is 6.16. The molecule has 80 valence electrons. The van der Waals surface area contributed by atoms with Gasteiger partial charge in [0.15, 0.2) is 0 Å². The highest BCUT2D eigenvalue weighted by atomic mass is 35.5. The highest BCUT2D eigenvalue weighted by Gasteiger charge is 2.14. The molecule has 0 heterocycles. The van der Waals surface area contributed by atoms with E-state index in [0.717, 1.165) is 0 Å². The van der Waals surface area contributed by atoms with Gasteiger partial charge < -0.3 is 4.74 Å². The summed E-state index contributed by atoms with van der Waals surface area (Å²) in [6.45, 7) is -1.32. The van der Waals surface area contributed by atoms with Crippen LogP contribution in [0.4, 0.5) is 8.78 Å². The van der Waals surface area contributed by atoms with Crippen molar-refractivity contribution in [3.8, 4) is 11.8 Å². The van der Waals surface area contributed by atoms with E-state index >= 15 is 0 Å². The Morgan fingerprint density at radius 2 is 2.13 bits per heavy atom. The molecule has 1 aromatic carbocycles. The normalized spacial score (nSPS) is 12.3. The Balaban J connectivity index is 3.09. The second-order valence-electron chi connectivity index (χ2n) is 2.91. The standard InChI is InChI=1S/C10H8ClF2NO/c1-6(5-14)8-4-7(11)2-3-9(8)15-10(12)13/h2-4,6,10H,1H3. The molecule has 1 aromatic rings. The molecule has 0 saturated heterocycles. The molecule has 15 heavy (non-hydrogen) atoms. The first-order valence-electron chi connectivity index (χ1n) is 4.18. The quantitative estimate of drug-likeness (QED) is 0.797. The molecule has 0 fully saturated rings. The average molecular weight is 232 g/mol. The topological polar surface area (TPSA) is 33.0 Å². The van der Waals surface area contributed by atoms with Gasteiger partial charge in [-0.3, -0.25) is 0 Å². The zero-order valence-corrected chi connectivity index (χ0v) is 8.63. The number of hydrogen-bond donors (Lipinski definition) is 0. The van der Waals surface area contributed by atoms with Crippen LogP contribution in [0.1, 0.15) is 18.4 Å². The number of nitriles is 1. The molecule has 0 bridgehead atoms. The summed E-state index contributed by atoms with van der Waals surface area (Å²) in [7, 11) is 0. The molecule has 5 heteroatoms. The minimum atomic E-state index is -2.91. The Kier molecular flexibility index (Phi) is 3.87. The molecule has 0 saturated carbocycles. The van der Waals surface area contributed by atoms with Crippen molar-refractivity contribution < 1.29 is 13.5 Å². The van der Waals surface area contributed by atoms with Crippen LogP contribution in [0.5, 0.6) is 5.75 Å². The Morgan fingerprint density at radius 3 is 2.67 bits per heavy atom. The lowest BCUT2D eigenvalue weighted by Gasteiger charge is -2.12. The maximum Gasteiger partial charge on any atom is 0.387 e. The summed E-state index contributed by atoms with van der Waals surface area (Å²) in [4.78, 5) is 0. The fourth-order valence-corrected chi connectivity index (χ4v) is 1.31. The van der Waals surface area contributed by atoms with Gasteiger partial charge in [-0.1, -0.05) is 11.6 Å². The van der Waals surface area contributed by atoms with Crippen molar-refractivity contribution >= 4 is 11.6 Å². The van der Waals surface area contributed by atoms with E-state index in [4.69, 9.17) is 16.9 Å². The van der Waals surface area contributed by atoms with E-state index in [-0.39, 0.29) is 5.75 Å². The molecule has 1 unspecified atom stereocenters. The van der Waals surface area contributed by atoms with Gasteiger partial charge in [-0.05, 0) is 25.1 Å². The van der Waals surface area contributed by atoms with Crippen LogP contribution < -0.4 is 4.74 Å². The summed E-state index contributed by atoms with van der Waals surface area (Å²) >= 11 is 5.70. The van der Waals surface area contributed by atoms with Crippen molar-refractivity contribution in [1.29, 1.82) is 5.26 Å². The van der Waals surface area contributed by atoms with Gasteiger partial charge in [0.25, 0.3) is 0 Å². The van der Waals surface area contributed by atoms with Crippen LogP contribution in [0.2, 0.25) is 5.02 Å². The van der Waals surface area contributed by atoms with Gasteiger partial charge >= 0.3 is 6.61 Å². The van der Waals surface area contributed by atoms with E-state index in [1.165, 1.54) is 18.2 Å². The van der Waals surface area contributed by atoms with Crippen LogP contribution in [0.25, 0.3) is 0 Å². The van der Waals surface area contributed by atoms with E-state index in [2.05, 4.69) is 4.74 Å². The lowest BCUT2D eigenvalue weighted by Crippen LogP contribution is -2.05. The molecule has 0 N–H and O–H groups in total. The maximum absolute atomic E-state index is 12.0. The molecular weight excluding hydrogens is 224 g/mol. The number of rotatable bonds is 3. The fourth-order valence-electron chi connectivity index (χ4n) is 1.13. The van der Waals surface area contributed by atoms with Crippen LogP contribution in [-0.4, -0.2) is 6.61 Å². The SMILES string of the molecule is CC(C#N)c1cc(Cl)ccc1OC(F)F. The van der Waals surface area contributed by atoms with Gasteiger partial charge in [0, 0.05) is 10.6 Å². The third-order valence-corrected chi connectivity index (χ3v) is 2.08. The second kappa shape index (κ2) is 4.94. The van der Waals surface area contributed by atoms with E-state index in [1.807, 2.05) is 6.07 Å². The molecule has 2 nitrogen and oxygen atoms in total. The van der Waals surface area contributed by atoms with Gasteiger partial charge in [0.05, 0.1) is 12.0 Å². The summed E-state index contributed by atoms with van der Waals surface area (Å²) < 4.78 is 28.3. The van der Waals surface area contributed by atoms with E-state index in [1.54, 1.807) is 6.92 Å². The van der Waals surface area contributed by atoms with Crippen molar-refractivity contribution in [2.24, 2.45) is 0 Å². The van der Waals surface area contributed by atoms with Gasteiger partial charge in [-0.25, -0.2) is 0 Å². The first kappa shape index (κ1) is 11.7. The predicted molar refractivity (Wildman–Crippen MR) is 52.1 cm³/mol. The Morgan fingerprint density at radius 1 is 1.47 bits per heavy atom. The highest BCUT2D eigenvalue weighted by Crippen LogP contribution is 2.30. The molecule has 0 aromatic heterocycles. The van der Waals surface area contributed by atoms with Crippen molar-refractivity contribution in [1.82, 2.24) is 0 Å². The Labute approximate surface area is 91.0 Å². The zero-order chi connectivity index (χ0) is 11.4. The van der Waals surface area contributed by atoms with Crippen molar-refractivity contribution in [2.75, 3.05) is 0 Å². The number of halogens is 3. The summed E-state index contributed by atoms with van der Waals surface area (Å²) in [5.74, 6) is -0.555. The van der Waals surface area contributed by atoms with Crippen LogP contribution >= 0.6 is 11.6 Å². The van der Waals surface area contributed by atoms with Gasteiger partial charge in [0.1, 0.15) is 5.75 Å². The first-order chi connectivity index (χ1) is 7.04. The largest absolute Gasteiger partial charge is 0.434 e. The highest BCUT2D eigenvalue weighted by molar-refractivity contribution is 6.30. The summed E-state index contributed by atoms with van der Waals surface area (Å²) in [5.41, 5.74) is 0.366. The number of hydrogen-bond acceptors (Lipinski definition) is 2. The monoisotopic (exact) mass is 231 g/mol. The molecule has 0 aliphatic rings. The molecule has 0 amide bonds. The molecule has 0 aliphatic heterocycles. The minimum absolute atomic E-state index is 0.0107. The van der Waals surface area contributed by atoms with Gasteiger partial charge in [-0.2, -0.15) is 14.0 Å². The number of alkyl halides is 2. The lowest BCUT2D eigenvalue weighted by atomic mass is 10.0. The predicted octanol–water partition coefficient (Wildman–Crippen LogP) is 3.57. The lowest BCUT2D eigenvalue weighted by molar-refractivity contribution is -0.0504. The van der Waals surface area contributed by atoms with Crippen LogP contribution in [0.3, 0.4) is 0 Å². The molecule has 1 atom stereocenters. The van der Waals surface area contributed by atoms with Crippen LogP contribution in [-0.2, 0) is 0 Å². The van der Waals surface area contributed by atoms with Crippen molar-refractivity contribution in [2.45, 2.75) is 19.5 Å². The molecule has 0 spiro atoms. The fraction of sp³-hybridized carbons (Fsp3) is 0.300. The average Bonchev–Trinajstić information content (AvgIpc) is 2.19. The second-order valence-corrected chi connectivity index (χ2v) is 3.35. The Bertz CT molecular complexity index is 389. The zero-order valence-electron chi connectivity index (χ0n) is 7.88. The maximum atomic E-state index is 12.0. The van der Waals surface area contributed by atoms with Crippen molar-refractivity contribution in [3.63, 3.8) is 0 Å². The van der Waals surface area contributed by atoms with Crippen molar-refractivity contribution in [3.05, 3.63) is 28.8 Å². The smallest absolute Gasteiger partial charge is 0.387 e. The Hall–Kier alpha value is -1.34. The van der Waals surface area contributed by atoms with E-state index in [0.29, 0.717) is 10.6 Å². The summed E-state index contributed by atoms with van der Waals surface area (Å²) in [5, 5.41) is 9.08. The third-order valence-electron chi connectivity index (χ3n) is 1.85. The van der Waals surface area contributed by atoms with Gasteiger partial charge in [0.2, 0.25) is 0 Å². The van der Waals surface area contributed by atoms with E-state index in [9.17, 15) is 8.78 Å². The number of ether oxygens (including phenoxy) is 1. The molecule has 0 radical (unpaired) electrons. The first-order valence-corrected chi connectivity index (χ1v) is 4.56. The molecular formula is C10H8ClF2NO. The molecule has 1 rings (SSSR count).